The minimum atomic E-state index is -0.213. The van der Waals surface area contributed by atoms with Crippen molar-refractivity contribution < 1.29 is 0 Å². The molecule has 7 nitrogen and oxygen atoms in total. The van der Waals surface area contributed by atoms with E-state index in [4.69, 9.17) is 0 Å². The molecule has 2 aromatic heterocycles. The van der Waals surface area contributed by atoms with Gasteiger partial charge in [0, 0.05) is 24.2 Å². The van der Waals surface area contributed by atoms with Crippen molar-refractivity contribution in [3.05, 3.63) is 87.5 Å². The third-order valence-corrected chi connectivity index (χ3v) is 7.20. The van der Waals surface area contributed by atoms with Crippen LogP contribution in [0.15, 0.2) is 59.4 Å². The van der Waals surface area contributed by atoms with Gasteiger partial charge in [-0.3, -0.25) is 9.69 Å². The fourth-order valence-electron chi connectivity index (χ4n) is 4.77. The van der Waals surface area contributed by atoms with E-state index in [1.807, 2.05) is 29.8 Å². The topological polar surface area (TPSA) is 79.7 Å². The van der Waals surface area contributed by atoms with Crippen molar-refractivity contribution in [3.8, 4) is 0 Å². The van der Waals surface area contributed by atoms with Crippen LogP contribution in [0.25, 0.3) is 10.9 Å². The average molecular weight is 487 g/mol. The molecule has 0 saturated carbocycles. The summed E-state index contributed by atoms with van der Waals surface area (Å²) in [6, 6.07) is 18.6. The van der Waals surface area contributed by atoms with E-state index in [1.165, 1.54) is 5.56 Å². The summed E-state index contributed by atoms with van der Waals surface area (Å²) in [5, 5.41) is 14.0. The molecule has 0 spiro atoms. The summed E-state index contributed by atoms with van der Waals surface area (Å²) in [5.74, 6) is 1.08. The predicted octanol–water partition coefficient (Wildman–Crippen LogP) is 5.41. The van der Waals surface area contributed by atoms with Crippen LogP contribution >= 0.6 is 0 Å². The highest BCUT2D eigenvalue weighted by Crippen LogP contribution is 2.32. The molecular weight excluding hydrogens is 448 g/mol. The summed E-state index contributed by atoms with van der Waals surface area (Å²) in [4.78, 5) is 18.6. The molecule has 4 aromatic rings. The van der Waals surface area contributed by atoms with Crippen LogP contribution in [0.3, 0.4) is 0 Å². The molecule has 0 bridgehead atoms. The second kappa shape index (κ2) is 10.7. The van der Waals surface area contributed by atoms with Gasteiger partial charge in [0.2, 0.25) is 0 Å². The van der Waals surface area contributed by atoms with E-state index < -0.39 is 0 Å². The van der Waals surface area contributed by atoms with Crippen LogP contribution in [0, 0.1) is 12.8 Å². The highest BCUT2D eigenvalue weighted by atomic mass is 16.1. The molecule has 2 heterocycles. The number of pyridine rings is 1. The highest BCUT2D eigenvalue weighted by molar-refractivity contribution is 5.79. The van der Waals surface area contributed by atoms with Gasteiger partial charge < -0.3 is 4.98 Å². The van der Waals surface area contributed by atoms with E-state index in [0.717, 1.165) is 47.2 Å². The van der Waals surface area contributed by atoms with Crippen LogP contribution in [-0.4, -0.2) is 36.6 Å². The van der Waals surface area contributed by atoms with Crippen molar-refractivity contribution in [2.75, 3.05) is 6.54 Å². The summed E-state index contributed by atoms with van der Waals surface area (Å²) >= 11 is 0. The molecule has 0 aliphatic heterocycles. The second-order valence-corrected chi connectivity index (χ2v) is 10.7. The number of aromatic amines is 1. The zero-order chi connectivity index (χ0) is 25.9. The number of rotatable bonds is 10. The van der Waals surface area contributed by atoms with Crippen molar-refractivity contribution in [1.82, 2.24) is 30.1 Å². The molecule has 4 rings (SSSR count). The first-order valence-electron chi connectivity index (χ1n) is 12.9. The van der Waals surface area contributed by atoms with E-state index in [1.54, 1.807) is 0 Å². The zero-order valence-corrected chi connectivity index (χ0v) is 22.3. The molecule has 0 aliphatic rings. The quantitative estimate of drug-likeness (QED) is 0.324. The van der Waals surface area contributed by atoms with Crippen molar-refractivity contribution in [3.63, 3.8) is 0 Å². The summed E-state index contributed by atoms with van der Waals surface area (Å²) in [6.07, 6.45) is 1.77. The maximum absolute atomic E-state index is 13.2. The number of H-pyrrole nitrogens is 1. The molecule has 36 heavy (non-hydrogen) atoms. The van der Waals surface area contributed by atoms with E-state index in [-0.39, 0.29) is 23.1 Å². The van der Waals surface area contributed by atoms with Crippen LogP contribution in [0.1, 0.15) is 69.6 Å². The number of aryl methyl sites for hydroxylation is 1. The number of aromatic nitrogens is 5. The van der Waals surface area contributed by atoms with E-state index in [0.29, 0.717) is 6.54 Å². The van der Waals surface area contributed by atoms with Gasteiger partial charge in [0.1, 0.15) is 0 Å². The molecule has 0 fully saturated rings. The lowest BCUT2D eigenvalue weighted by Crippen LogP contribution is -2.39. The van der Waals surface area contributed by atoms with Crippen LogP contribution in [0.2, 0.25) is 0 Å². The van der Waals surface area contributed by atoms with Crippen LogP contribution in [-0.2, 0) is 18.5 Å². The van der Waals surface area contributed by atoms with Gasteiger partial charge in [-0.25, -0.2) is 4.68 Å². The molecular formula is C29H38N6O. The lowest BCUT2D eigenvalue weighted by molar-refractivity contribution is 0.127. The molecule has 0 radical (unpaired) electrons. The summed E-state index contributed by atoms with van der Waals surface area (Å²) in [5.41, 5.74) is 3.75. The lowest BCUT2D eigenvalue weighted by atomic mass is 9.97. The maximum Gasteiger partial charge on any atom is 0.252 e. The Kier molecular flexibility index (Phi) is 7.69. The van der Waals surface area contributed by atoms with Crippen molar-refractivity contribution in [2.24, 2.45) is 5.92 Å². The SMILES string of the molecule is CCC(C)(C)n1nnnc1[C@@H](C(C)C)N(CCc1ccccc1)Cc1cc2ccc(C)cc2[nH]c1=O. The molecule has 0 saturated heterocycles. The largest absolute Gasteiger partial charge is 0.322 e. The van der Waals surface area contributed by atoms with Gasteiger partial charge in [-0.2, -0.15) is 0 Å². The number of hydrogen-bond acceptors (Lipinski definition) is 5. The van der Waals surface area contributed by atoms with Gasteiger partial charge in [-0.05, 0) is 78.6 Å². The lowest BCUT2D eigenvalue weighted by Gasteiger charge is -2.35. The molecule has 0 amide bonds. The first-order valence-corrected chi connectivity index (χ1v) is 12.9. The second-order valence-electron chi connectivity index (χ2n) is 10.7. The van der Waals surface area contributed by atoms with E-state index in [2.05, 4.69) is 96.4 Å². The smallest absolute Gasteiger partial charge is 0.252 e. The average Bonchev–Trinajstić information content (AvgIpc) is 3.34. The Labute approximate surface area is 213 Å². The minimum absolute atomic E-state index is 0.0474. The van der Waals surface area contributed by atoms with Crippen LogP contribution in [0.5, 0.6) is 0 Å². The fraction of sp³-hybridized carbons (Fsp3) is 0.448. The number of tetrazole rings is 1. The van der Waals surface area contributed by atoms with Crippen LogP contribution in [0.4, 0.5) is 0 Å². The molecule has 0 aliphatic carbocycles. The molecule has 0 unspecified atom stereocenters. The summed E-state index contributed by atoms with van der Waals surface area (Å²) in [7, 11) is 0. The Hall–Kier alpha value is -3.32. The van der Waals surface area contributed by atoms with Crippen molar-refractivity contribution in [1.29, 1.82) is 0 Å². The van der Waals surface area contributed by atoms with Crippen molar-refractivity contribution in [2.45, 2.75) is 72.5 Å². The van der Waals surface area contributed by atoms with Gasteiger partial charge in [0.25, 0.3) is 5.56 Å². The van der Waals surface area contributed by atoms with Crippen molar-refractivity contribution >= 4 is 10.9 Å². The first kappa shape index (κ1) is 25.8. The molecule has 1 atom stereocenters. The van der Waals surface area contributed by atoms with Gasteiger partial charge in [0.15, 0.2) is 5.82 Å². The zero-order valence-electron chi connectivity index (χ0n) is 22.3. The summed E-state index contributed by atoms with van der Waals surface area (Å²) < 4.78 is 1.97. The number of hydrogen-bond donors (Lipinski definition) is 1. The Balaban J connectivity index is 1.76. The Morgan fingerprint density at radius 1 is 1.08 bits per heavy atom. The summed E-state index contributed by atoms with van der Waals surface area (Å²) in [6.45, 7) is 14.2. The number of nitrogens with one attached hydrogen (secondary N) is 1. The van der Waals surface area contributed by atoms with Gasteiger partial charge in [-0.15, -0.1) is 5.10 Å². The normalized spacial score (nSPS) is 13.1. The number of fused-ring (bicyclic) bond motifs is 1. The van der Waals surface area contributed by atoms with E-state index in [9.17, 15) is 4.79 Å². The predicted molar refractivity (Wildman–Crippen MR) is 145 cm³/mol. The molecule has 2 aromatic carbocycles. The monoisotopic (exact) mass is 486 g/mol. The van der Waals surface area contributed by atoms with Gasteiger partial charge in [-0.1, -0.05) is 63.2 Å². The number of nitrogens with zero attached hydrogens (tertiary/aromatic N) is 5. The standard InChI is InChI=1S/C29H38N6O/c1-7-29(5,6)35-27(31-32-33-35)26(20(2)3)34(16-15-22-11-9-8-10-12-22)19-24-18-23-14-13-21(4)17-25(23)30-28(24)36/h8-14,17-18,20,26H,7,15-16,19H2,1-6H3,(H,30,36)/t26-/m1/s1. The Bertz CT molecular complexity index is 1360. The van der Waals surface area contributed by atoms with Crippen LogP contribution < -0.4 is 5.56 Å². The Morgan fingerprint density at radius 3 is 2.53 bits per heavy atom. The molecule has 7 heteroatoms. The maximum atomic E-state index is 13.2. The van der Waals surface area contributed by atoms with Gasteiger partial charge >= 0.3 is 0 Å². The third kappa shape index (κ3) is 5.57. The fourth-order valence-corrected chi connectivity index (χ4v) is 4.77. The third-order valence-electron chi connectivity index (χ3n) is 7.20. The minimum Gasteiger partial charge on any atom is -0.322 e. The van der Waals surface area contributed by atoms with Gasteiger partial charge in [0.05, 0.1) is 11.6 Å². The number of benzene rings is 2. The first-order chi connectivity index (χ1) is 17.2. The Morgan fingerprint density at radius 2 is 1.83 bits per heavy atom. The molecule has 190 valence electrons. The molecule has 1 N–H and O–H groups in total. The van der Waals surface area contributed by atoms with E-state index >= 15 is 0 Å². The highest BCUT2D eigenvalue weighted by Gasteiger charge is 2.33.